The van der Waals surface area contributed by atoms with Crippen molar-refractivity contribution < 1.29 is 13.2 Å². The van der Waals surface area contributed by atoms with Crippen molar-refractivity contribution in [1.82, 2.24) is 5.32 Å². The zero-order chi connectivity index (χ0) is 21.0. The van der Waals surface area contributed by atoms with Crippen LogP contribution in [0.4, 0.5) is 13.2 Å². The average Bonchev–Trinajstić information content (AvgIpc) is 2.67. The number of hydrogen-bond donors (Lipinski definition) is 1. The number of hydrogen-bond acceptors (Lipinski definition) is 1. The molecule has 0 bridgehead atoms. The quantitative estimate of drug-likeness (QED) is 0.425. The summed E-state index contributed by atoms with van der Waals surface area (Å²) in [5.74, 6) is 0. The highest BCUT2D eigenvalue weighted by Gasteiger charge is 2.30. The van der Waals surface area contributed by atoms with Crippen molar-refractivity contribution >= 4 is 23.2 Å². The molecule has 29 heavy (non-hydrogen) atoms. The van der Waals surface area contributed by atoms with E-state index in [-0.39, 0.29) is 12.1 Å². The largest absolute Gasteiger partial charge is 0.416 e. The molecule has 0 fully saturated rings. The third kappa shape index (κ3) is 5.99. The van der Waals surface area contributed by atoms with Gasteiger partial charge in [-0.3, -0.25) is 0 Å². The van der Waals surface area contributed by atoms with Crippen LogP contribution < -0.4 is 5.32 Å². The molecule has 0 radical (unpaired) electrons. The predicted octanol–water partition coefficient (Wildman–Crippen LogP) is 7.32. The first-order chi connectivity index (χ1) is 13.7. The van der Waals surface area contributed by atoms with E-state index in [1.807, 2.05) is 55.5 Å². The third-order valence-electron chi connectivity index (χ3n) is 4.65. The highest BCUT2D eigenvalue weighted by molar-refractivity contribution is 6.30. The average molecular weight is 438 g/mol. The number of halogens is 5. The van der Waals surface area contributed by atoms with Gasteiger partial charge in [-0.25, -0.2) is 0 Å². The van der Waals surface area contributed by atoms with Crippen LogP contribution >= 0.6 is 23.2 Å². The van der Waals surface area contributed by atoms with E-state index in [1.165, 1.54) is 12.1 Å². The fourth-order valence-corrected chi connectivity index (χ4v) is 3.52. The Balaban J connectivity index is 1.82. The Morgan fingerprint density at radius 1 is 0.828 bits per heavy atom. The van der Waals surface area contributed by atoms with Crippen molar-refractivity contribution in [3.63, 3.8) is 0 Å². The van der Waals surface area contributed by atoms with Crippen LogP contribution in [0.2, 0.25) is 10.0 Å². The SMILES string of the molecule is CC(Cc1cccc(C(F)(F)F)c1)NC(c1ccc(Cl)cc1)c1ccc(Cl)cc1. The standard InChI is InChI=1S/C23H20Cl2F3N/c1-15(13-16-3-2-4-19(14-16)23(26,27)28)29-22(17-5-9-20(24)10-6-17)18-7-11-21(25)12-8-18/h2-12,14-15,22,29H,13H2,1H3. The van der Waals surface area contributed by atoms with Crippen LogP contribution in [0, 0.1) is 0 Å². The first-order valence-electron chi connectivity index (χ1n) is 9.15. The summed E-state index contributed by atoms with van der Waals surface area (Å²) in [7, 11) is 0. The zero-order valence-electron chi connectivity index (χ0n) is 15.7. The van der Waals surface area contributed by atoms with Gasteiger partial charge in [-0.2, -0.15) is 13.2 Å². The van der Waals surface area contributed by atoms with Crippen molar-refractivity contribution in [2.45, 2.75) is 31.6 Å². The van der Waals surface area contributed by atoms with E-state index < -0.39 is 11.7 Å². The summed E-state index contributed by atoms with van der Waals surface area (Å²) in [6.45, 7) is 1.96. The highest BCUT2D eigenvalue weighted by atomic mass is 35.5. The lowest BCUT2D eigenvalue weighted by Crippen LogP contribution is -2.33. The van der Waals surface area contributed by atoms with Crippen LogP contribution in [-0.2, 0) is 12.6 Å². The summed E-state index contributed by atoms with van der Waals surface area (Å²) >= 11 is 12.0. The number of alkyl halides is 3. The van der Waals surface area contributed by atoms with Gasteiger partial charge in [-0.1, -0.05) is 65.7 Å². The van der Waals surface area contributed by atoms with Gasteiger partial charge in [0, 0.05) is 16.1 Å². The second-order valence-electron chi connectivity index (χ2n) is 7.01. The molecule has 1 N–H and O–H groups in total. The molecule has 3 rings (SSSR count). The molecule has 0 saturated carbocycles. The lowest BCUT2D eigenvalue weighted by atomic mass is 9.96. The van der Waals surface area contributed by atoms with Crippen LogP contribution in [0.1, 0.15) is 35.2 Å². The molecule has 0 aliphatic carbocycles. The molecule has 152 valence electrons. The summed E-state index contributed by atoms with van der Waals surface area (Å²) in [4.78, 5) is 0. The van der Waals surface area contributed by atoms with Gasteiger partial charge in [-0.15, -0.1) is 0 Å². The molecule has 1 unspecified atom stereocenters. The van der Waals surface area contributed by atoms with Crippen LogP contribution in [0.25, 0.3) is 0 Å². The predicted molar refractivity (Wildman–Crippen MR) is 112 cm³/mol. The van der Waals surface area contributed by atoms with E-state index in [0.29, 0.717) is 22.0 Å². The molecule has 0 heterocycles. The minimum Gasteiger partial charge on any atom is -0.303 e. The molecule has 1 nitrogen and oxygen atoms in total. The van der Waals surface area contributed by atoms with Gasteiger partial charge in [0.15, 0.2) is 0 Å². The van der Waals surface area contributed by atoms with Crippen LogP contribution in [-0.4, -0.2) is 6.04 Å². The number of rotatable bonds is 6. The van der Waals surface area contributed by atoms with Crippen molar-refractivity contribution in [2.75, 3.05) is 0 Å². The van der Waals surface area contributed by atoms with Gasteiger partial charge in [0.1, 0.15) is 0 Å². The molecule has 3 aromatic rings. The van der Waals surface area contributed by atoms with Gasteiger partial charge in [0.2, 0.25) is 0 Å². The van der Waals surface area contributed by atoms with Gasteiger partial charge in [0.25, 0.3) is 0 Å². The summed E-state index contributed by atoms with van der Waals surface area (Å²) in [6, 6.07) is 20.3. The Labute approximate surface area is 178 Å². The monoisotopic (exact) mass is 437 g/mol. The van der Waals surface area contributed by atoms with Gasteiger partial charge in [-0.05, 0) is 60.4 Å². The van der Waals surface area contributed by atoms with Crippen molar-refractivity contribution in [1.29, 1.82) is 0 Å². The fraction of sp³-hybridized carbons (Fsp3) is 0.217. The van der Waals surface area contributed by atoms with E-state index in [4.69, 9.17) is 23.2 Å². The Morgan fingerprint density at radius 3 is 1.83 bits per heavy atom. The molecule has 0 saturated heterocycles. The molecule has 3 aromatic carbocycles. The Hall–Kier alpha value is -2.01. The minimum absolute atomic E-state index is 0.0742. The van der Waals surface area contributed by atoms with Crippen LogP contribution in [0.3, 0.4) is 0 Å². The molecular weight excluding hydrogens is 418 g/mol. The summed E-state index contributed by atoms with van der Waals surface area (Å²) < 4.78 is 39.0. The Morgan fingerprint density at radius 2 is 1.34 bits per heavy atom. The minimum atomic E-state index is -4.35. The van der Waals surface area contributed by atoms with Crippen molar-refractivity contribution in [2.24, 2.45) is 0 Å². The van der Waals surface area contributed by atoms with Crippen molar-refractivity contribution in [3.8, 4) is 0 Å². The third-order valence-corrected chi connectivity index (χ3v) is 5.16. The first kappa shape index (κ1) is 21.7. The maximum Gasteiger partial charge on any atom is 0.416 e. The lowest BCUT2D eigenvalue weighted by molar-refractivity contribution is -0.137. The molecule has 0 aliphatic heterocycles. The highest BCUT2D eigenvalue weighted by Crippen LogP contribution is 2.30. The second kappa shape index (κ2) is 9.21. The normalized spacial score (nSPS) is 12.9. The summed E-state index contributed by atoms with van der Waals surface area (Å²) in [5, 5.41) is 4.81. The topological polar surface area (TPSA) is 12.0 Å². The zero-order valence-corrected chi connectivity index (χ0v) is 17.2. The second-order valence-corrected chi connectivity index (χ2v) is 7.88. The molecule has 0 spiro atoms. The van der Waals surface area contributed by atoms with E-state index in [1.54, 1.807) is 6.07 Å². The number of nitrogens with one attached hydrogen (secondary N) is 1. The first-order valence-corrected chi connectivity index (χ1v) is 9.91. The van der Waals surface area contributed by atoms with Gasteiger partial charge < -0.3 is 5.32 Å². The maximum atomic E-state index is 13.0. The summed E-state index contributed by atoms with van der Waals surface area (Å²) in [6.07, 6.45) is -3.89. The maximum absolute atomic E-state index is 13.0. The van der Waals surface area contributed by atoms with Gasteiger partial charge >= 0.3 is 6.18 Å². The molecule has 0 amide bonds. The van der Waals surface area contributed by atoms with E-state index in [0.717, 1.165) is 17.2 Å². The lowest BCUT2D eigenvalue weighted by Gasteiger charge is -2.25. The van der Waals surface area contributed by atoms with E-state index in [9.17, 15) is 13.2 Å². The fourth-order valence-electron chi connectivity index (χ4n) is 3.27. The smallest absolute Gasteiger partial charge is 0.303 e. The Bertz CT molecular complexity index is 892. The number of benzene rings is 3. The molecule has 0 aliphatic rings. The molecule has 6 heteroatoms. The molecule has 1 atom stereocenters. The van der Waals surface area contributed by atoms with Crippen molar-refractivity contribution in [3.05, 3.63) is 105 Å². The van der Waals surface area contributed by atoms with Gasteiger partial charge in [0.05, 0.1) is 11.6 Å². The summed E-state index contributed by atoms with van der Waals surface area (Å²) in [5.41, 5.74) is 2.01. The molecule has 0 aromatic heterocycles. The van der Waals surface area contributed by atoms with Crippen LogP contribution in [0.15, 0.2) is 72.8 Å². The van der Waals surface area contributed by atoms with E-state index in [2.05, 4.69) is 5.32 Å². The molecular formula is C23H20Cl2F3N. The van der Waals surface area contributed by atoms with Crippen LogP contribution in [0.5, 0.6) is 0 Å². The Kier molecular flexibility index (Phi) is 6.89. The van der Waals surface area contributed by atoms with E-state index >= 15 is 0 Å².